The first-order valence-corrected chi connectivity index (χ1v) is 34.4. The van der Waals surface area contributed by atoms with E-state index in [1.807, 2.05) is 97.1 Å². The summed E-state index contributed by atoms with van der Waals surface area (Å²) in [6.45, 7) is 15.8. The first-order valence-electron chi connectivity index (χ1n) is 29.4. The number of nitrogens with zero attached hydrogens (tertiary/aromatic N) is 1. The van der Waals surface area contributed by atoms with E-state index in [1.165, 1.54) is 0 Å². The predicted molar refractivity (Wildman–Crippen MR) is 345 cm³/mol. The number of ether oxygens (including phenoxy) is 8. The number of carbonyl (C=O) groups is 4. The van der Waals surface area contributed by atoms with Crippen molar-refractivity contribution in [1.82, 2.24) is 15.5 Å². The van der Waals surface area contributed by atoms with E-state index in [4.69, 9.17) is 49.4 Å². The molecule has 22 heteroatoms. The Labute approximate surface area is 520 Å². The van der Waals surface area contributed by atoms with Crippen LogP contribution in [0, 0.1) is 0 Å². The molecule has 0 heterocycles. The van der Waals surface area contributed by atoms with Gasteiger partial charge in [0.2, 0.25) is 0 Å². The molecular formula is C63H93N5O13S4. The maximum atomic E-state index is 12.8. The lowest BCUT2D eigenvalue weighted by Gasteiger charge is -2.26. The molecule has 0 radical (unpaired) electrons. The smallest absolute Gasteiger partial charge is 0.307 e. The molecule has 0 amide bonds. The summed E-state index contributed by atoms with van der Waals surface area (Å²) in [6, 6.07) is 31.5. The summed E-state index contributed by atoms with van der Waals surface area (Å²) in [5.74, 6) is 5.25. The predicted octanol–water partition coefficient (Wildman–Crippen LogP) is 8.61. The highest BCUT2D eigenvalue weighted by molar-refractivity contribution is 8.77. The van der Waals surface area contributed by atoms with Crippen molar-refractivity contribution in [3.8, 4) is 23.0 Å². The van der Waals surface area contributed by atoms with Crippen molar-refractivity contribution in [2.45, 2.75) is 83.5 Å². The van der Waals surface area contributed by atoms with Crippen molar-refractivity contribution in [1.29, 1.82) is 0 Å². The number of aliphatic hydroxyl groups is 1. The third kappa shape index (κ3) is 31.0. The molecule has 4 aromatic carbocycles. The molecule has 0 fully saturated rings. The lowest BCUT2D eigenvalue weighted by atomic mass is 9.78. The average Bonchev–Trinajstić information content (AvgIpc) is 3.17. The zero-order chi connectivity index (χ0) is 61.2. The summed E-state index contributed by atoms with van der Waals surface area (Å²) >= 11 is 0. The number of benzene rings is 4. The van der Waals surface area contributed by atoms with Crippen molar-refractivity contribution in [3.05, 3.63) is 119 Å². The van der Waals surface area contributed by atoms with Gasteiger partial charge >= 0.3 is 23.9 Å². The van der Waals surface area contributed by atoms with Crippen molar-refractivity contribution in [3.63, 3.8) is 0 Å². The van der Waals surface area contributed by atoms with Gasteiger partial charge in [-0.2, -0.15) is 0 Å². The number of rotatable bonds is 49. The standard InChI is InChI=1S/C63H93N5O13S4/c1-62(2,50-8-16-54(17-9-50)74-38-42-78-58(70)24-30-66-32-48-84-82-46-28-64)52-12-20-56(21-13-52)76-40-44-80-60(72)26-35-68(34-6-5-7-37-69)36-27-61(73)81-45-41-77-57-22-14-53(15-23-57)63(3,4)51-10-18-55(19-11-51)75-39-43-79-59(71)25-31-67-33-49-85-83-47-29-65/h8-23,66-67,69H,5-7,24-49,64-65H2,1-4H3. The van der Waals surface area contributed by atoms with Crippen LogP contribution in [0.4, 0.5) is 0 Å². The number of hydrogen-bond donors (Lipinski definition) is 5. The van der Waals surface area contributed by atoms with E-state index in [-0.39, 0.29) is 107 Å². The van der Waals surface area contributed by atoms with Gasteiger partial charge in [0, 0.05) is 92.8 Å². The topological polar surface area (TPSA) is 242 Å². The second-order valence-corrected chi connectivity index (χ2v) is 26.0. The van der Waals surface area contributed by atoms with Crippen molar-refractivity contribution in [2.24, 2.45) is 11.5 Å². The molecule has 0 aliphatic carbocycles. The van der Waals surface area contributed by atoms with Crippen LogP contribution in [0.2, 0.25) is 0 Å². The number of aliphatic hydroxyl groups excluding tert-OH is 1. The summed E-state index contributed by atoms with van der Waals surface area (Å²) in [7, 11) is 7.05. The number of esters is 4. The van der Waals surface area contributed by atoms with Gasteiger partial charge in [0.15, 0.2) is 0 Å². The van der Waals surface area contributed by atoms with Gasteiger partial charge in [-0.1, -0.05) is 119 Å². The second-order valence-electron chi connectivity index (χ2n) is 20.6. The summed E-state index contributed by atoms with van der Waals surface area (Å²) in [5, 5.41) is 15.8. The fraction of sp³-hybridized carbons (Fsp3) is 0.556. The van der Waals surface area contributed by atoms with E-state index in [9.17, 15) is 24.3 Å². The molecule has 7 N–H and O–H groups in total. The Bertz CT molecular complexity index is 2280. The normalized spacial score (nSPS) is 11.5. The minimum Gasteiger partial charge on any atom is -0.490 e. The molecule has 4 aromatic rings. The molecule has 472 valence electrons. The van der Waals surface area contributed by atoms with Crippen molar-refractivity contribution in [2.75, 3.05) is 141 Å². The van der Waals surface area contributed by atoms with Crippen LogP contribution in [0.3, 0.4) is 0 Å². The Kier molecular flexibility index (Phi) is 37.3. The van der Waals surface area contributed by atoms with Gasteiger partial charge in [-0.05, 0) is 96.6 Å². The molecule has 4 rings (SSSR count). The molecular weight excluding hydrogens is 1160 g/mol. The quantitative estimate of drug-likeness (QED) is 0.0120. The molecule has 0 aromatic heterocycles. The lowest BCUT2D eigenvalue weighted by molar-refractivity contribution is -0.146. The molecule has 0 spiro atoms. The third-order valence-electron chi connectivity index (χ3n) is 13.5. The fourth-order valence-corrected chi connectivity index (χ4v) is 12.0. The fourth-order valence-electron chi connectivity index (χ4n) is 8.40. The third-order valence-corrected chi connectivity index (χ3v) is 18.3. The first kappa shape index (κ1) is 72.6. The van der Waals surface area contributed by atoms with Crippen LogP contribution < -0.4 is 41.0 Å². The highest BCUT2D eigenvalue weighted by Crippen LogP contribution is 2.35. The minimum absolute atomic E-state index is 0.0908. The second kappa shape index (κ2) is 43.7. The van der Waals surface area contributed by atoms with Crippen LogP contribution in [-0.2, 0) is 49.0 Å². The number of hydrogen-bond acceptors (Lipinski definition) is 22. The van der Waals surface area contributed by atoms with Crippen LogP contribution in [0.25, 0.3) is 0 Å². The number of unbranched alkanes of at least 4 members (excludes halogenated alkanes) is 2. The summed E-state index contributed by atoms with van der Waals surface area (Å²) in [5.41, 5.74) is 14.8. The highest BCUT2D eigenvalue weighted by Gasteiger charge is 2.25. The van der Waals surface area contributed by atoms with Gasteiger partial charge in [0.25, 0.3) is 0 Å². The molecule has 0 atom stereocenters. The first-order chi connectivity index (χ1) is 41.2. The van der Waals surface area contributed by atoms with E-state index in [0.717, 1.165) is 71.2 Å². The van der Waals surface area contributed by atoms with Crippen LogP contribution >= 0.6 is 43.2 Å². The van der Waals surface area contributed by atoms with Gasteiger partial charge in [0.1, 0.15) is 75.9 Å². The van der Waals surface area contributed by atoms with Crippen LogP contribution in [0.15, 0.2) is 97.1 Å². The Morgan fingerprint density at radius 2 is 0.718 bits per heavy atom. The van der Waals surface area contributed by atoms with Gasteiger partial charge in [-0.25, -0.2) is 0 Å². The summed E-state index contributed by atoms with van der Waals surface area (Å²) < 4.78 is 45.1. The SMILES string of the molecule is CC(C)(c1ccc(OCCOC(=O)CCNCCSSCCN)cc1)c1ccc(OCCOC(=O)CCN(CCCCCO)CCC(=O)OCCOc2ccc(C(C)(C)c3ccc(OCCOC(=O)CCNCCSSCCN)cc3)cc2)cc1. The molecule has 0 aliphatic rings. The lowest BCUT2D eigenvalue weighted by Crippen LogP contribution is -2.31. The molecule has 0 aliphatic heterocycles. The van der Waals surface area contributed by atoms with E-state index in [2.05, 4.69) is 43.2 Å². The zero-order valence-electron chi connectivity index (χ0n) is 50.3. The molecule has 0 bridgehead atoms. The number of nitrogens with one attached hydrogen (secondary N) is 2. The maximum absolute atomic E-state index is 12.8. The van der Waals surface area contributed by atoms with E-state index in [0.29, 0.717) is 88.1 Å². The van der Waals surface area contributed by atoms with Gasteiger partial charge in [-0.3, -0.25) is 19.2 Å². The molecule has 0 saturated heterocycles. The maximum Gasteiger partial charge on any atom is 0.307 e. The average molecular weight is 1260 g/mol. The largest absolute Gasteiger partial charge is 0.490 e. The Morgan fingerprint density at radius 1 is 0.412 bits per heavy atom. The van der Waals surface area contributed by atoms with Crippen LogP contribution in [-0.4, -0.2) is 175 Å². The molecule has 18 nitrogen and oxygen atoms in total. The van der Waals surface area contributed by atoms with E-state index < -0.39 is 0 Å². The summed E-state index contributed by atoms with van der Waals surface area (Å²) in [6.07, 6.45) is 3.25. The Hall–Kier alpha value is -4.88. The van der Waals surface area contributed by atoms with Crippen molar-refractivity contribution < 1.29 is 62.2 Å². The molecule has 85 heavy (non-hydrogen) atoms. The monoisotopic (exact) mass is 1260 g/mol. The van der Waals surface area contributed by atoms with Gasteiger partial charge in [-0.15, -0.1) is 0 Å². The number of nitrogens with two attached hydrogens (primary N) is 2. The van der Waals surface area contributed by atoms with E-state index >= 15 is 0 Å². The highest BCUT2D eigenvalue weighted by atomic mass is 33.1. The van der Waals surface area contributed by atoms with Crippen LogP contribution in [0.1, 0.15) is 94.9 Å². The zero-order valence-corrected chi connectivity index (χ0v) is 53.6. The van der Waals surface area contributed by atoms with Crippen molar-refractivity contribution >= 4 is 67.1 Å². The Morgan fingerprint density at radius 3 is 1.02 bits per heavy atom. The summed E-state index contributed by atoms with van der Waals surface area (Å²) in [4.78, 5) is 51.8. The van der Waals surface area contributed by atoms with Gasteiger partial charge < -0.3 is 70.0 Å². The molecule has 0 saturated carbocycles. The number of carbonyl (C=O) groups excluding carboxylic acids is 4. The van der Waals surface area contributed by atoms with Crippen LogP contribution in [0.5, 0.6) is 23.0 Å². The van der Waals surface area contributed by atoms with Gasteiger partial charge in [0.05, 0.1) is 25.7 Å². The van der Waals surface area contributed by atoms with E-state index in [1.54, 1.807) is 43.2 Å². The Balaban J connectivity index is 1.07. The molecule has 0 unspecified atom stereocenters. The minimum atomic E-state index is -0.358.